The number of rotatable bonds is 5. The number of carbonyl (C=O) groups excluding carboxylic acids is 2. The second kappa shape index (κ2) is 7.63. The fourth-order valence-electron chi connectivity index (χ4n) is 2.80. The molecule has 1 amide bonds. The van der Waals surface area contributed by atoms with Crippen molar-refractivity contribution in [1.82, 2.24) is 5.48 Å². The molecule has 3 aromatic rings. The summed E-state index contributed by atoms with van der Waals surface area (Å²) in [5.74, 6) is -0.730. The number of para-hydroxylation sites is 1. The molecule has 0 spiro atoms. The van der Waals surface area contributed by atoms with Crippen molar-refractivity contribution in [2.24, 2.45) is 0 Å². The first kappa shape index (κ1) is 17.4. The van der Waals surface area contributed by atoms with Gasteiger partial charge in [0.2, 0.25) is 0 Å². The number of nitrogens with two attached hydrogens (primary N) is 1. The van der Waals surface area contributed by atoms with E-state index in [2.05, 4.69) is 0 Å². The van der Waals surface area contributed by atoms with E-state index in [4.69, 9.17) is 10.9 Å². The molecule has 5 heteroatoms. The predicted molar refractivity (Wildman–Crippen MR) is 100 cm³/mol. The number of hydroxylamine groups is 1. The number of benzene rings is 3. The number of Topliss-reactive ketones (excluding diaryl/α,β-unsaturated/α-hetero) is 1. The number of hydrogen-bond donors (Lipinski definition) is 3. The smallest absolute Gasteiger partial charge is 0.275 e. The molecule has 3 rings (SSSR count). The largest absolute Gasteiger partial charge is 0.398 e. The molecule has 5 nitrogen and oxygen atoms in total. The second-order valence-electron chi connectivity index (χ2n) is 5.87. The minimum atomic E-state index is -0.629. The summed E-state index contributed by atoms with van der Waals surface area (Å²) in [6.07, 6.45) is 0.173. The summed E-state index contributed by atoms with van der Waals surface area (Å²) in [6.45, 7) is 0. The first-order valence-electron chi connectivity index (χ1n) is 8.10. The first-order chi connectivity index (χ1) is 12.6. The molecule has 4 N–H and O–H groups in total. The van der Waals surface area contributed by atoms with Crippen LogP contribution in [0.3, 0.4) is 0 Å². The zero-order valence-corrected chi connectivity index (χ0v) is 14.0. The lowest BCUT2D eigenvalue weighted by Gasteiger charge is -2.11. The molecule has 26 heavy (non-hydrogen) atoms. The quantitative estimate of drug-likeness (QED) is 0.285. The summed E-state index contributed by atoms with van der Waals surface area (Å²) in [5, 5.41) is 8.98. The Kier molecular flexibility index (Phi) is 5.10. The topological polar surface area (TPSA) is 92.4 Å². The van der Waals surface area contributed by atoms with E-state index < -0.39 is 5.91 Å². The Hall–Kier alpha value is -3.44. The average molecular weight is 346 g/mol. The summed E-state index contributed by atoms with van der Waals surface area (Å²) in [6, 6.07) is 21.2. The SMILES string of the molecule is Nc1ccccc1CC(=O)c1ccc(C(=O)NO)c(-c2ccccc2)c1. The zero-order valence-electron chi connectivity index (χ0n) is 14.0. The van der Waals surface area contributed by atoms with E-state index in [0.717, 1.165) is 11.1 Å². The van der Waals surface area contributed by atoms with Crippen LogP contribution in [-0.4, -0.2) is 16.9 Å². The molecule has 0 fully saturated rings. The molecule has 0 radical (unpaired) electrons. The Morgan fingerprint density at radius 1 is 0.923 bits per heavy atom. The molecule has 0 saturated carbocycles. The third-order valence-corrected chi connectivity index (χ3v) is 4.18. The number of carbonyl (C=O) groups is 2. The van der Waals surface area contributed by atoms with Gasteiger partial charge in [-0.25, -0.2) is 5.48 Å². The zero-order chi connectivity index (χ0) is 18.5. The van der Waals surface area contributed by atoms with Gasteiger partial charge >= 0.3 is 0 Å². The number of ketones is 1. The third-order valence-electron chi connectivity index (χ3n) is 4.18. The van der Waals surface area contributed by atoms with Gasteiger partial charge in [0.05, 0.1) is 0 Å². The lowest BCUT2D eigenvalue weighted by Crippen LogP contribution is -2.20. The Bertz CT molecular complexity index is 952. The van der Waals surface area contributed by atoms with E-state index in [1.165, 1.54) is 6.07 Å². The van der Waals surface area contributed by atoms with Crippen LogP contribution in [0.1, 0.15) is 26.3 Å². The highest BCUT2D eigenvalue weighted by Gasteiger charge is 2.16. The summed E-state index contributed by atoms with van der Waals surface area (Å²) < 4.78 is 0. The Balaban J connectivity index is 2.00. The van der Waals surface area contributed by atoms with Crippen LogP contribution in [0.15, 0.2) is 72.8 Å². The van der Waals surface area contributed by atoms with E-state index in [1.54, 1.807) is 23.7 Å². The van der Waals surface area contributed by atoms with E-state index in [1.807, 2.05) is 48.5 Å². The van der Waals surface area contributed by atoms with Crippen molar-refractivity contribution in [3.8, 4) is 11.1 Å². The maximum atomic E-state index is 12.7. The van der Waals surface area contributed by atoms with E-state index in [-0.39, 0.29) is 17.8 Å². The number of anilines is 1. The highest BCUT2D eigenvalue weighted by molar-refractivity contribution is 6.04. The third kappa shape index (κ3) is 3.63. The molecular weight excluding hydrogens is 328 g/mol. The van der Waals surface area contributed by atoms with Crippen molar-refractivity contribution in [2.75, 3.05) is 5.73 Å². The standard InChI is InChI=1S/C21H18N2O3/c22-19-9-5-4-8-15(19)13-20(24)16-10-11-17(21(25)23-26)18(12-16)14-6-2-1-3-7-14/h1-12,26H,13,22H2,(H,23,25). The number of nitrogens with one attached hydrogen (secondary N) is 1. The second-order valence-corrected chi connectivity index (χ2v) is 5.87. The molecule has 0 bridgehead atoms. The molecular formula is C21H18N2O3. The van der Waals surface area contributed by atoms with E-state index in [9.17, 15) is 9.59 Å². The number of hydrogen-bond acceptors (Lipinski definition) is 4. The Morgan fingerprint density at radius 2 is 1.62 bits per heavy atom. The van der Waals surface area contributed by atoms with Crippen LogP contribution in [0, 0.1) is 0 Å². The van der Waals surface area contributed by atoms with Crippen LogP contribution >= 0.6 is 0 Å². The van der Waals surface area contributed by atoms with Crippen molar-refractivity contribution in [3.63, 3.8) is 0 Å². The summed E-state index contributed by atoms with van der Waals surface area (Å²) >= 11 is 0. The summed E-state index contributed by atoms with van der Waals surface area (Å²) in [7, 11) is 0. The van der Waals surface area contributed by atoms with Crippen LogP contribution in [0.25, 0.3) is 11.1 Å². The maximum Gasteiger partial charge on any atom is 0.275 e. The van der Waals surface area contributed by atoms with Gasteiger partial charge in [-0.1, -0.05) is 54.6 Å². The molecule has 0 aliphatic rings. The van der Waals surface area contributed by atoms with Crippen LogP contribution in [0.4, 0.5) is 5.69 Å². The molecule has 0 heterocycles. The van der Waals surface area contributed by atoms with Crippen molar-refractivity contribution >= 4 is 17.4 Å². The molecule has 0 unspecified atom stereocenters. The van der Waals surface area contributed by atoms with Gasteiger partial charge in [-0.05, 0) is 34.9 Å². The van der Waals surface area contributed by atoms with Crippen molar-refractivity contribution < 1.29 is 14.8 Å². The monoisotopic (exact) mass is 346 g/mol. The van der Waals surface area contributed by atoms with Gasteiger partial charge in [0.1, 0.15) is 0 Å². The number of amides is 1. The Labute approximate surface area is 151 Å². The van der Waals surface area contributed by atoms with Crippen LogP contribution in [0.2, 0.25) is 0 Å². The van der Waals surface area contributed by atoms with Gasteiger partial charge < -0.3 is 5.73 Å². The molecule has 0 aliphatic heterocycles. The van der Waals surface area contributed by atoms with Crippen LogP contribution in [-0.2, 0) is 6.42 Å². The number of nitrogen functional groups attached to an aromatic ring is 1. The minimum Gasteiger partial charge on any atom is -0.398 e. The minimum absolute atomic E-state index is 0.101. The summed E-state index contributed by atoms with van der Waals surface area (Å²) in [4.78, 5) is 24.7. The fraction of sp³-hybridized carbons (Fsp3) is 0.0476. The van der Waals surface area contributed by atoms with E-state index in [0.29, 0.717) is 16.8 Å². The van der Waals surface area contributed by atoms with E-state index >= 15 is 0 Å². The lowest BCUT2D eigenvalue weighted by atomic mass is 9.94. The van der Waals surface area contributed by atoms with Gasteiger partial charge in [0.15, 0.2) is 5.78 Å². The van der Waals surface area contributed by atoms with Gasteiger partial charge in [-0.2, -0.15) is 0 Å². The predicted octanol–water partition coefficient (Wildman–Crippen LogP) is 3.48. The normalized spacial score (nSPS) is 10.3. The van der Waals surface area contributed by atoms with Crippen molar-refractivity contribution in [1.29, 1.82) is 0 Å². The van der Waals surface area contributed by atoms with Gasteiger partial charge in [-0.3, -0.25) is 14.8 Å². The fourth-order valence-corrected chi connectivity index (χ4v) is 2.80. The van der Waals surface area contributed by atoms with Gasteiger partial charge in [0, 0.05) is 23.2 Å². The molecule has 0 atom stereocenters. The maximum absolute atomic E-state index is 12.7. The molecule has 130 valence electrons. The highest BCUT2D eigenvalue weighted by atomic mass is 16.5. The van der Waals surface area contributed by atoms with Crippen LogP contribution in [0.5, 0.6) is 0 Å². The molecule has 0 aliphatic carbocycles. The molecule has 3 aromatic carbocycles. The van der Waals surface area contributed by atoms with Crippen molar-refractivity contribution in [3.05, 3.63) is 89.5 Å². The molecule has 0 aromatic heterocycles. The van der Waals surface area contributed by atoms with Crippen LogP contribution < -0.4 is 11.2 Å². The van der Waals surface area contributed by atoms with Gasteiger partial charge in [-0.15, -0.1) is 0 Å². The van der Waals surface area contributed by atoms with Crippen molar-refractivity contribution in [2.45, 2.75) is 6.42 Å². The average Bonchev–Trinajstić information content (AvgIpc) is 2.69. The van der Waals surface area contributed by atoms with Gasteiger partial charge in [0.25, 0.3) is 5.91 Å². The summed E-state index contributed by atoms with van der Waals surface area (Å²) in [5.41, 5.74) is 11.0. The first-order valence-corrected chi connectivity index (χ1v) is 8.10. The lowest BCUT2D eigenvalue weighted by molar-refractivity contribution is 0.0707. The highest BCUT2D eigenvalue weighted by Crippen LogP contribution is 2.26. The molecule has 0 saturated heterocycles. The Morgan fingerprint density at radius 3 is 2.31 bits per heavy atom.